The van der Waals surface area contributed by atoms with E-state index in [-0.39, 0.29) is 131 Å². The van der Waals surface area contributed by atoms with E-state index in [1.807, 2.05) is 0 Å². The van der Waals surface area contributed by atoms with Gasteiger partial charge >= 0.3 is 0 Å². The number of amides is 8. The number of hydrogen-bond acceptors (Lipinski definition) is 32. The summed E-state index contributed by atoms with van der Waals surface area (Å²) < 4.78 is 71.9. The fourth-order valence-corrected chi connectivity index (χ4v) is 10.9. The van der Waals surface area contributed by atoms with Crippen molar-refractivity contribution in [1.29, 1.82) is 0 Å². The highest BCUT2D eigenvalue weighted by Gasteiger charge is 2.48. The monoisotopic (exact) mass is 1440 g/mol. The van der Waals surface area contributed by atoms with Gasteiger partial charge in [-0.15, -0.1) is 0 Å². The summed E-state index contributed by atoms with van der Waals surface area (Å²) >= 11 is 0. The second-order valence-electron chi connectivity index (χ2n) is 23.9. The Morgan fingerprint density at radius 2 is 0.888 bits per heavy atom. The Kier molecular flexibility index (Phi) is 40.8. The predicted molar refractivity (Wildman–Crippen MR) is 330 cm³/mol. The maximum atomic E-state index is 13.9. The van der Waals surface area contributed by atoms with Crippen molar-refractivity contribution < 1.29 is 151 Å². The van der Waals surface area contributed by atoms with Gasteiger partial charge in [0.15, 0.2) is 18.9 Å². The number of nitrogens with one attached hydrogen (secondary N) is 7. The molecule has 568 valence electrons. The molecule has 0 radical (unpaired) electrons. The maximum absolute atomic E-state index is 13.9. The number of hydrogen-bond donors (Lipinski definition) is 17. The fourth-order valence-electron chi connectivity index (χ4n) is 9.82. The Balaban J connectivity index is 1.66. The maximum Gasteiger partial charge on any atom is 0.268 e. The Labute approximate surface area is 566 Å². The summed E-state index contributed by atoms with van der Waals surface area (Å²) in [6, 6.07) is -3.56. The smallest absolute Gasteiger partial charge is 0.268 e. The zero-order valence-corrected chi connectivity index (χ0v) is 56.9. The molecule has 3 aliphatic heterocycles. The number of aliphatic hydroxyl groups excluding tert-OH is 10. The molecule has 3 fully saturated rings. The lowest BCUT2D eigenvalue weighted by molar-refractivity contribution is -0.272. The number of ether oxygens (including phenoxy) is 9. The van der Waals surface area contributed by atoms with Gasteiger partial charge in [0.2, 0.25) is 47.3 Å². The lowest BCUT2D eigenvalue weighted by Crippen LogP contribution is -2.64. The normalized spacial score (nSPS) is 26.7. The van der Waals surface area contributed by atoms with Crippen LogP contribution < -0.4 is 42.1 Å². The average Bonchev–Trinajstić information content (AvgIpc) is 0.825. The standard InChI is InChI=1S/C57H104N9O31P/c1-33(70)62-45-51(82)48(79)37(29-67)94-54(45)90-22-19-87-16-11-58-41(75)26-65(27-42(76)59-12-17-88-20-23-91-55-46(63-34(2)71)52(83)49(80)38(30-68)95-55)14-8-15-66(44(78)10-7-9-40(74)61-25-36(73)32-93-98(85,86)97-57(4,5)6)28-43(77)60-13-18-89-21-24-92-56-47(64-35(3)72)53(84)50(81)39(31-69)96-56/h36-39,45-56,67-69,73,79-84H,7-32H2,1-6H3,(H,58,75)(H,59,76)(H,60,77)(H,61,74)(H,62,70)(H,63,71)(H,64,72)(H,85,86)/p-1/t36-,37?,38?,39?,45?,46?,47?,48?,49?,50?,51?,52?,53?,54?,55?,56?/m1/s1. The zero-order valence-electron chi connectivity index (χ0n) is 56.0. The van der Waals surface area contributed by atoms with Gasteiger partial charge in [-0.1, -0.05) is 0 Å². The van der Waals surface area contributed by atoms with Crippen LogP contribution in [0.3, 0.4) is 0 Å². The molecular formula is C57H103N9O31P-. The van der Waals surface area contributed by atoms with E-state index in [1.54, 1.807) is 0 Å². The van der Waals surface area contributed by atoms with Crippen LogP contribution >= 0.6 is 7.82 Å². The Hall–Kier alpha value is -4.93. The molecule has 41 heteroatoms. The van der Waals surface area contributed by atoms with Gasteiger partial charge < -0.3 is 150 Å². The summed E-state index contributed by atoms with van der Waals surface area (Å²) in [6.07, 6.45) is -18.6. The van der Waals surface area contributed by atoms with Gasteiger partial charge in [0.05, 0.1) is 117 Å². The molecule has 0 spiro atoms. The quantitative estimate of drug-likeness (QED) is 0.0199. The van der Waals surface area contributed by atoms with Gasteiger partial charge in [0.1, 0.15) is 73.1 Å². The number of rotatable bonds is 47. The SMILES string of the molecule is CC(=O)NC1C(OCCOCCNC(=O)CN(CCCN(CC(=O)NCCOCCOC2OC(CO)C(O)C(O)C2NC(C)=O)C(=O)CCCC(=O)NC[C@@H](O)COP(=O)([O-])OC(C)(C)C)CC(=O)NCCOCCOC2OC(CO)C(O)C(O)C2NC(C)=O)OC(CO)C(O)C1O. The number of phosphoric ester groups is 1. The first kappa shape index (κ1) is 87.3. The van der Waals surface area contributed by atoms with Crippen molar-refractivity contribution in [2.45, 2.75) is 171 Å². The summed E-state index contributed by atoms with van der Waals surface area (Å²) in [5.74, 6) is -4.65. The molecule has 0 aromatic heterocycles. The minimum absolute atomic E-state index is 0.0305. The highest BCUT2D eigenvalue weighted by atomic mass is 31.2. The highest BCUT2D eigenvalue weighted by molar-refractivity contribution is 7.45. The van der Waals surface area contributed by atoms with E-state index in [4.69, 9.17) is 51.7 Å². The van der Waals surface area contributed by atoms with E-state index in [9.17, 15) is 98.9 Å². The molecule has 3 heterocycles. The third kappa shape index (κ3) is 33.7. The molecule has 0 saturated carbocycles. The summed E-state index contributed by atoms with van der Waals surface area (Å²) in [7, 11) is -4.80. The van der Waals surface area contributed by atoms with Crippen LogP contribution in [0.1, 0.15) is 67.2 Å². The molecular weight excluding hydrogens is 1340 g/mol. The topological polar surface area (TPSA) is 571 Å². The van der Waals surface area contributed by atoms with Crippen LogP contribution in [0.4, 0.5) is 0 Å². The fraction of sp³-hybridized carbons (Fsp3) is 0.860. The van der Waals surface area contributed by atoms with Crippen LogP contribution in [-0.4, -0.2) is 357 Å². The van der Waals surface area contributed by atoms with E-state index in [2.05, 4.69) is 37.2 Å². The molecule has 0 aliphatic carbocycles. The molecule has 17 N–H and O–H groups in total. The number of carbonyl (C=O) groups is 8. The van der Waals surface area contributed by atoms with Crippen LogP contribution in [0.15, 0.2) is 0 Å². The van der Waals surface area contributed by atoms with E-state index in [1.165, 1.54) is 51.3 Å². The summed E-state index contributed by atoms with van der Waals surface area (Å²) in [4.78, 5) is 117. The van der Waals surface area contributed by atoms with Gasteiger partial charge in [-0.2, -0.15) is 0 Å². The number of carbonyl (C=O) groups excluding carboxylic acids is 8. The van der Waals surface area contributed by atoms with Gasteiger partial charge in [-0.05, 0) is 33.6 Å². The minimum Gasteiger partial charge on any atom is -0.756 e. The zero-order chi connectivity index (χ0) is 73.1. The molecule has 17 atom stereocenters. The third-order valence-corrected chi connectivity index (χ3v) is 15.7. The van der Waals surface area contributed by atoms with Crippen molar-refractivity contribution in [2.75, 3.05) is 145 Å². The average molecular weight is 1440 g/mol. The van der Waals surface area contributed by atoms with E-state index < -0.39 is 198 Å². The molecule has 16 unspecified atom stereocenters. The molecule has 8 amide bonds. The van der Waals surface area contributed by atoms with Crippen LogP contribution in [0.2, 0.25) is 0 Å². The third-order valence-electron chi connectivity index (χ3n) is 14.5. The lowest BCUT2D eigenvalue weighted by atomic mass is 9.97. The van der Waals surface area contributed by atoms with Crippen LogP contribution in [-0.2, 0) is 94.6 Å². The van der Waals surface area contributed by atoms with Gasteiger partial charge in [-0.25, -0.2) is 0 Å². The summed E-state index contributed by atoms with van der Waals surface area (Å²) in [6.45, 7) is 2.36. The number of nitrogens with zero attached hydrogens (tertiary/aromatic N) is 2. The molecule has 3 aliphatic rings. The Morgan fingerprint density at radius 3 is 1.24 bits per heavy atom. The van der Waals surface area contributed by atoms with Gasteiger partial charge in [-0.3, -0.25) is 47.8 Å². The van der Waals surface area contributed by atoms with Crippen molar-refractivity contribution >= 4 is 55.1 Å². The second-order valence-corrected chi connectivity index (χ2v) is 25.3. The van der Waals surface area contributed by atoms with Gasteiger partial charge in [0, 0.05) is 72.9 Å². The van der Waals surface area contributed by atoms with Gasteiger partial charge in [0.25, 0.3) is 7.82 Å². The van der Waals surface area contributed by atoms with Crippen molar-refractivity contribution in [3.05, 3.63) is 0 Å². The highest BCUT2D eigenvalue weighted by Crippen LogP contribution is 2.43. The van der Waals surface area contributed by atoms with Crippen LogP contribution in [0.25, 0.3) is 0 Å². The molecule has 3 rings (SSSR count). The van der Waals surface area contributed by atoms with Crippen LogP contribution in [0.5, 0.6) is 0 Å². The number of aliphatic hydroxyl groups is 10. The summed E-state index contributed by atoms with van der Waals surface area (Å²) in [5.41, 5.74) is -1.11. The molecule has 0 aromatic carbocycles. The molecule has 98 heavy (non-hydrogen) atoms. The number of phosphoric acid groups is 1. The van der Waals surface area contributed by atoms with Crippen molar-refractivity contribution in [2.24, 2.45) is 0 Å². The van der Waals surface area contributed by atoms with Crippen molar-refractivity contribution in [3.63, 3.8) is 0 Å². The molecule has 3 saturated heterocycles. The molecule has 40 nitrogen and oxygen atoms in total. The minimum atomic E-state index is -4.80. The van der Waals surface area contributed by atoms with Crippen LogP contribution in [0, 0.1) is 0 Å². The first-order chi connectivity index (χ1) is 46.3. The van der Waals surface area contributed by atoms with Crippen molar-refractivity contribution in [1.82, 2.24) is 47.0 Å². The van der Waals surface area contributed by atoms with E-state index in [0.717, 1.165) is 0 Å². The predicted octanol–water partition coefficient (Wildman–Crippen LogP) is -10.3. The largest absolute Gasteiger partial charge is 0.756 e. The Bertz CT molecular complexity index is 2390. The molecule has 0 aromatic rings. The van der Waals surface area contributed by atoms with Crippen molar-refractivity contribution in [3.8, 4) is 0 Å². The summed E-state index contributed by atoms with van der Waals surface area (Å²) in [5, 5.41) is 119. The van der Waals surface area contributed by atoms with E-state index in [0.29, 0.717) is 0 Å². The second kappa shape index (κ2) is 45.8. The lowest BCUT2D eigenvalue weighted by Gasteiger charge is -2.42. The first-order valence-electron chi connectivity index (χ1n) is 32.0. The van der Waals surface area contributed by atoms with E-state index >= 15 is 0 Å². The Morgan fingerprint density at radius 1 is 0.510 bits per heavy atom. The molecule has 0 bridgehead atoms. The first-order valence-corrected chi connectivity index (χ1v) is 33.4.